The highest BCUT2D eigenvalue weighted by atomic mass is 16.5. The minimum absolute atomic E-state index is 0.615. The number of hydrogen-bond acceptors (Lipinski definition) is 5. The SMILES string of the molecule is c1cc(CNc2ncnc3c2CCCC3)on1. The molecule has 5 heteroatoms. The number of nitrogens with one attached hydrogen (secondary N) is 1. The van der Waals surface area contributed by atoms with Crippen LogP contribution in [0.25, 0.3) is 0 Å². The Kier molecular flexibility index (Phi) is 2.73. The largest absolute Gasteiger partial charge is 0.362 e. The Morgan fingerprint density at radius 1 is 1.24 bits per heavy atom. The fourth-order valence-corrected chi connectivity index (χ4v) is 2.18. The maximum Gasteiger partial charge on any atom is 0.155 e. The number of hydrogen-bond donors (Lipinski definition) is 1. The molecule has 0 aliphatic heterocycles. The van der Waals surface area contributed by atoms with Crippen LogP contribution in [0.5, 0.6) is 0 Å². The molecular weight excluding hydrogens is 216 g/mol. The van der Waals surface area contributed by atoms with Gasteiger partial charge in [0.2, 0.25) is 0 Å². The van der Waals surface area contributed by atoms with Gasteiger partial charge in [0.15, 0.2) is 5.76 Å². The van der Waals surface area contributed by atoms with E-state index in [1.165, 1.54) is 24.1 Å². The van der Waals surface area contributed by atoms with Crippen LogP contribution in [0.2, 0.25) is 0 Å². The van der Waals surface area contributed by atoms with Crippen molar-refractivity contribution in [3.05, 3.63) is 35.6 Å². The van der Waals surface area contributed by atoms with Gasteiger partial charge in [-0.25, -0.2) is 9.97 Å². The van der Waals surface area contributed by atoms with Gasteiger partial charge in [-0.2, -0.15) is 0 Å². The van der Waals surface area contributed by atoms with Crippen LogP contribution in [0.1, 0.15) is 29.9 Å². The van der Waals surface area contributed by atoms with E-state index >= 15 is 0 Å². The number of rotatable bonds is 3. The molecule has 0 saturated heterocycles. The summed E-state index contributed by atoms with van der Waals surface area (Å²) in [4.78, 5) is 8.65. The molecule has 0 fully saturated rings. The van der Waals surface area contributed by atoms with Crippen molar-refractivity contribution in [3.63, 3.8) is 0 Å². The molecule has 0 amide bonds. The van der Waals surface area contributed by atoms with Gasteiger partial charge >= 0.3 is 0 Å². The zero-order chi connectivity index (χ0) is 11.5. The summed E-state index contributed by atoms with van der Waals surface area (Å²) in [6.45, 7) is 0.615. The molecule has 1 aliphatic rings. The predicted octanol–water partition coefficient (Wildman–Crippen LogP) is 1.96. The van der Waals surface area contributed by atoms with Gasteiger partial charge in [0.1, 0.15) is 12.1 Å². The molecule has 0 bridgehead atoms. The van der Waals surface area contributed by atoms with Gasteiger partial charge in [0, 0.05) is 17.3 Å². The molecule has 3 rings (SSSR count). The third kappa shape index (κ3) is 2.13. The van der Waals surface area contributed by atoms with Crippen molar-refractivity contribution in [2.24, 2.45) is 0 Å². The van der Waals surface area contributed by atoms with Crippen molar-refractivity contribution in [1.82, 2.24) is 15.1 Å². The van der Waals surface area contributed by atoms with Crippen LogP contribution in [-0.2, 0) is 19.4 Å². The summed E-state index contributed by atoms with van der Waals surface area (Å²) in [5.41, 5.74) is 2.45. The molecule has 1 N–H and O–H groups in total. The normalized spacial score (nSPS) is 14.4. The number of aromatic nitrogens is 3. The Bertz CT molecular complexity index is 495. The molecule has 0 saturated carbocycles. The van der Waals surface area contributed by atoms with E-state index in [-0.39, 0.29) is 0 Å². The van der Waals surface area contributed by atoms with Crippen molar-refractivity contribution in [2.75, 3.05) is 5.32 Å². The van der Waals surface area contributed by atoms with E-state index in [9.17, 15) is 0 Å². The molecular formula is C12H14N4O. The second-order valence-corrected chi connectivity index (χ2v) is 4.19. The molecule has 5 nitrogen and oxygen atoms in total. The highest BCUT2D eigenvalue weighted by molar-refractivity contribution is 5.47. The van der Waals surface area contributed by atoms with Gasteiger partial charge in [-0.15, -0.1) is 0 Å². The van der Waals surface area contributed by atoms with Crippen LogP contribution in [0.15, 0.2) is 23.1 Å². The van der Waals surface area contributed by atoms with E-state index < -0.39 is 0 Å². The van der Waals surface area contributed by atoms with E-state index in [1.54, 1.807) is 12.5 Å². The number of nitrogens with zero attached hydrogens (tertiary/aromatic N) is 3. The van der Waals surface area contributed by atoms with Crippen molar-refractivity contribution >= 4 is 5.82 Å². The summed E-state index contributed by atoms with van der Waals surface area (Å²) in [6.07, 6.45) is 7.85. The first-order valence-electron chi connectivity index (χ1n) is 5.89. The maximum absolute atomic E-state index is 5.04. The van der Waals surface area contributed by atoms with Crippen LogP contribution in [0.4, 0.5) is 5.82 Å². The lowest BCUT2D eigenvalue weighted by atomic mass is 9.96. The summed E-state index contributed by atoms with van der Waals surface area (Å²) in [7, 11) is 0. The zero-order valence-corrected chi connectivity index (χ0v) is 9.52. The van der Waals surface area contributed by atoms with Crippen LogP contribution >= 0.6 is 0 Å². The fraction of sp³-hybridized carbons (Fsp3) is 0.417. The van der Waals surface area contributed by atoms with Crippen LogP contribution < -0.4 is 5.32 Å². The van der Waals surface area contributed by atoms with E-state index in [1.807, 2.05) is 6.07 Å². The molecule has 88 valence electrons. The average molecular weight is 230 g/mol. The second-order valence-electron chi connectivity index (χ2n) is 4.19. The molecule has 2 aromatic heterocycles. The summed E-state index contributed by atoms with van der Waals surface area (Å²) in [5.74, 6) is 1.75. The Balaban J connectivity index is 1.78. The fourth-order valence-electron chi connectivity index (χ4n) is 2.18. The molecule has 0 atom stereocenters. The smallest absolute Gasteiger partial charge is 0.155 e. The lowest BCUT2D eigenvalue weighted by Gasteiger charge is -2.17. The first-order valence-corrected chi connectivity index (χ1v) is 5.89. The van der Waals surface area contributed by atoms with Crippen molar-refractivity contribution in [2.45, 2.75) is 32.2 Å². The number of anilines is 1. The molecule has 0 radical (unpaired) electrons. The first-order chi connectivity index (χ1) is 8.43. The average Bonchev–Trinajstić information content (AvgIpc) is 2.89. The lowest BCUT2D eigenvalue weighted by molar-refractivity contribution is 0.388. The zero-order valence-electron chi connectivity index (χ0n) is 9.52. The topological polar surface area (TPSA) is 63.8 Å². The monoisotopic (exact) mass is 230 g/mol. The quantitative estimate of drug-likeness (QED) is 0.873. The van der Waals surface area contributed by atoms with E-state index in [4.69, 9.17) is 4.52 Å². The van der Waals surface area contributed by atoms with Gasteiger partial charge in [0.05, 0.1) is 12.7 Å². The summed E-state index contributed by atoms with van der Waals surface area (Å²) in [6, 6.07) is 1.85. The van der Waals surface area contributed by atoms with Crippen LogP contribution in [0, 0.1) is 0 Å². The number of aryl methyl sites for hydroxylation is 1. The molecule has 0 unspecified atom stereocenters. The minimum atomic E-state index is 0.615. The Morgan fingerprint density at radius 3 is 3.06 bits per heavy atom. The van der Waals surface area contributed by atoms with E-state index in [2.05, 4.69) is 20.4 Å². The highest BCUT2D eigenvalue weighted by Gasteiger charge is 2.15. The van der Waals surface area contributed by atoms with Gasteiger partial charge < -0.3 is 9.84 Å². The molecule has 0 aromatic carbocycles. The molecule has 1 aliphatic carbocycles. The minimum Gasteiger partial charge on any atom is -0.362 e. The maximum atomic E-state index is 5.04. The Labute approximate surface area is 99.3 Å². The second kappa shape index (κ2) is 4.53. The summed E-state index contributed by atoms with van der Waals surface area (Å²) in [5, 5.41) is 6.96. The predicted molar refractivity (Wildman–Crippen MR) is 62.5 cm³/mol. The van der Waals surface area contributed by atoms with Crippen molar-refractivity contribution < 1.29 is 4.52 Å². The van der Waals surface area contributed by atoms with Crippen LogP contribution in [0.3, 0.4) is 0 Å². The lowest BCUT2D eigenvalue weighted by Crippen LogP contribution is -2.11. The molecule has 2 heterocycles. The van der Waals surface area contributed by atoms with Gasteiger partial charge in [0.25, 0.3) is 0 Å². The molecule has 17 heavy (non-hydrogen) atoms. The van der Waals surface area contributed by atoms with Crippen LogP contribution in [-0.4, -0.2) is 15.1 Å². The van der Waals surface area contributed by atoms with Gasteiger partial charge in [-0.1, -0.05) is 5.16 Å². The molecule has 0 spiro atoms. The van der Waals surface area contributed by atoms with Crippen molar-refractivity contribution in [1.29, 1.82) is 0 Å². The standard InChI is InChI=1S/C12H14N4O/c1-2-4-11-10(3-1)12(15-8-14-11)13-7-9-5-6-16-17-9/h5-6,8H,1-4,7H2,(H,13,14,15). The summed E-state index contributed by atoms with van der Waals surface area (Å²) >= 11 is 0. The van der Waals surface area contributed by atoms with Crippen molar-refractivity contribution in [3.8, 4) is 0 Å². The number of fused-ring (bicyclic) bond motifs is 1. The molecule has 2 aromatic rings. The first kappa shape index (κ1) is 10.3. The third-order valence-corrected chi connectivity index (χ3v) is 3.05. The highest BCUT2D eigenvalue weighted by Crippen LogP contribution is 2.24. The van der Waals surface area contributed by atoms with E-state index in [0.717, 1.165) is 24.4 Å². The van der Waals surface area contributed by atoms with E-state index in [0.29, 0.717) is 6.54 Å². The third-order valence-electron chi connectivity index (χ3n) is 3.05. The Morgan fingerprint density at radius 2 is 2.18 bits per heavy atom. The summed E-state index contributed by atoms with van der Waals surface area (Å²) < 4.78 is 5.04. The van der Waals surface area contributed by atoms with Gasteiger partial charge in [-0.05, 0) is 25.7 Å². The Hall–Kier alpha value is -1.91. The van der Waals surface area contributed by atoms with Gasteiger partial charge in [-0.3, -0.25) is 0 Å².